The first-order valence-corrected chi connectivity index (χ1v) is 10.3. The van der Waals surface area contributed by atoms with Crippen LogP contribution in [0.25, 0.3) is 0 Å². The van der Waals surface area contributed by atoms with E-state index in [1.54, 1.807) is 0 Å². The molecule has 1 saturated carbocycles. The van der Waals surface area contributed by atoms with Crippen molar-refractivity contribution in [2.75, 3.05) is 13.1 Å². The van der Waals surface area contributed by atoms with Crippen molar-refractivity contribution in [1.82, 2.24) is 14.9 Å². The minimum absolute atomic E-state index is 0.175. The zero-order valence-electron chi connectivity index (χ0n) is 16.7. The van der Waals surface area contributed by atoms with Crippen LogP contribution in [0.2, 0.25) is 0 Å². The third-order valence-corrected chi connectivity index (χ3v) is 6.12. The molecule has 1 aliphatic carbocycles. The van der Waals surface area contributed by atoms with Gasteiger partial charge in [0.15, 0.2) is 0 Å². The van der Waals surface area contributed by atoms with Gasteiger partial charge in [-0.2, -0.15) is 0 Å². The van der Waals surface area contributed by atoms with Crippen molar-refractivity contribution in [3.8, 4) is 0 Å². The fourth-order valence-electron chi connectivity index (χ4n) is 4.56. The van der Waals surface area contributed by atoms with E-state index >= 15 is 0 Å². The first-order valence-electron chi connectivity index (χ1n) is 10.3. The summed E-state index contributed by atoms with van der Waals surface area (Å²) < 4.78 is 0. The number of hydrogen-bond donors (Lipinski definition) is 1. The smallest absolute Gasteiger partial charge is 0.222 e. The fourth-order valence-corrected chi connectivity index (χ4v) is 4.56. The largest absolute Gasteiger partial charge is 0.369 e. The molecule has 148 valence electrons. The van der Waals surface area contributed by atoms with Crippen molar-refractivity contribution in [3.63, 3.8) is 0 Å². The van der Waals surface area contributed by atoms with E-state index in [2.05, 4.69) is 9.97 Å². The lowest BCUT2D eigenvalue weighted by Crippen LogP contribution is -2.40. The number of hydrogen-bond acceptors (Lipinski definition) is 4. The first kappa shape index (κ1) is 19.8. The second kappa shape index (κ2) is 8.81. The van der Waals surface area contributed by atoms with Crippen molar-refractivity contribution in [1.29, 1.82) is 0 Å². The van der Waals surface area contributed by atoms with Gasteiger partial charge < -0.3 is 10.6 Å². The highest BCUT2D eigenvalue weighted by Gasteiger charge is 2.29. The molecule has 0 aromatic carbocycles. The molecule has 1 aromatic rings. The lowest BCUT2D eigenvalue weighted by Gasteiger charge is -2.34. The van der Waals surface area contributed by atoms with Gasteiger partial charge in [-0.05, 0) is 45.4 Å². The standard InChI is InChI=1S/C21H32N4O2/c1-14-18(12-19(22)26)15(2)24-21(23-14)17-9-6-10-25(13-17)20(27)11-16-7-4-3-5-8-16/h16-17H,3-13H2,1-2H3,(H2,22,26). The summed E-state index contributed by atoms with van der Waals surface area (Å²) in [5.74, 6) is 1.48. The molecule has 2 heterocycles. The van der Waals surface area contributed by atoms with Gasteiger partial charge in [0.2, 0.25) is 11.8 Å². The normalized spacial score (nSPS) is 21.3. The molecule has 0 radical (unpaired) electrons. The van der Waals surface area contributed by atoms with Crippen LogP contribution in [0, 0.1) is 19.8 Å². The molecule has 6 heteroatoms. The van der Waals surface area contributed by atoms with Gasteiger partial charge in [-0.15, -0.1) is 0 Å². The highest BCUT2D eigenvalue weighted by molar-refractivity contribution is 5.77. The van der Waals surface area contributed by atoms with Gasteiger partial charge in [-0.3, -0.25) is 9.59 Å². The van der Waals surface area contributed by atoms with E-state index in [0.29, 0.717) is 24.8 Å². The van der Waals surface area contributed by atoms with Gasteiger partial charge in [0.1, 0.15) is 5.82 Å². The lowest BCUT2D eigenvalue weighted by molar-refractivity contribution is -0.133. The molecule has 2 amide bonds. The van der Waals surface area contributed by atoms with Crippen LogP contribution in [-0.4, -0.2) is 39.8 Å². The van der Waals surface area contributed by atoms with Crippen LogP contribution in [0.3, 0.4) is 0 Å². The molecule has 2 aliphatic rings. The SMILES string of the molecule is Cc1nc(C2CCCN(C(=O)CC3CCCCC3)C2)nc(C)c1CC(N)=O. The topological polar surface area (TPSA) is 89.2 Å². The third kappa shape index (κ3) is 5.05. The first-order chi connectivity index (χ1) is 12.9. The van der Waals surface area contributed by atoms with E-state index in [1.165, 1.54) is 32.1 Å². The summed E-state index contributed by atoms with van der Waals surface area (Å²) in [6.07, 6.45) is 9.12. The minimum atomic E-state index is -0.366. The molecular weight excluding hydrogens is 340 g/mol. The van der Waals surface area contributed by atoms with Crippen LogP contribution in [-0.2, 0) is 16.0 Å². The Morgan fingerprint density at radius 3 is 2.33 bits per heavy atom. The number of nitrogens with two attached hydrogens (primary N) is 1. The molecule has 0 spiro atoms. The average molecular weight is 373 g/mol. The van der Waals surface area contributed by atoms with E-state index in [1.807, 2.05) is 18.7 Å². The quantitative estimate of drug-likeness (QED) is 0.861. The number of piperidine rings is 1. The second-order valence-electron chi connectivity index (χ2n) is 8.26. The Labute approximate surface area is 161 Å². The fraction of sp³-hybridized carbons (Fsp3) is 0.714. The number of nitrogens with zero attached hydrogens (tertiary/aromatic N) is 3. The van der Waals surface area contributed by atoms with Gasteiger partial charge in [-0.1, -0.05) is 19.3 Å². The van der Waals surface area contributed by atoms with Crippen molar-refractivity contribution in [2.45, 2.75) is 77.6 Å². The number of rotatable bonds is 5. The summed E-state index contributed by atoms with van der Waals surface area (Å²) in [5.41, 5.74) is 7.80. The Bertz CT molecular complexity index is 674. The van der Waals surface area contributed by atoms with E-state index in [4.69, 9.17) is 5.73 Å². The molecule has 1 saturated heterocycles. The van der Waals surface area contributed by atoms with Gasteiger partial charge in [-0.25, -0.2) is 9.97 Å². The minimum Gasteiger partial charge on any atom is -0.369 e. The molecule has 6 nitrogen and oxygen atoms in total. The summed E-state index contributed by atoms with van der Waals surface area (Å²) in [7, 11) is 0. The summed E-state index contributed by atoms with van der Waals surface area (Å²) in [4.78, 5) is 35.4. The highest BCUT2D eigenvalue weighted by Crippen LogP contribution is 2.30. The zero-order valence-corrected chi connectivity index (χ0v) is 16.7. The Morgan fingerprint density at radius 1 is 1.04 bits per heavy atom. The Balaban J connectivity index is 1.66. The van der Waals surface area contributed by atoms with E-state index in [0.717, 1.165) is 42.2 Å². The Kier molecular flexibility index (Phi) is 6.45. The number of primary amides is 1. The van der Waals surface area contributed by atoms with Gasteiger partial charge in [0.25, 0.3) is 0 Å². The zero-order chi connectivity index (χ0) is 19.4. The summed E-state index contributed by atoms with van der Waals surface area (Å²) >= 11 is 0. The average Bonchev–Trinajstić information content (AvgIpc) is 2.65. The van der Waals surface area contributed by atoms with E-state index < -0.39 is 0 Å². The second-order valence-corrected chi connectivity index (χ2v) is 8.26. The Morgan fingerprint density at radius 2 is 1.70 bits per heavy atom. The van der Waals surface area contributed by atoms with Crippen LogP contribution in [0.1, 0.15) is 80.1 Å². The van der Waals surface area contributed by atoms with Crippen LogP contribution in [0.4, 0.5) is 0 Å². The number of carbonyl (C=O) groups excluding carboxylic acids is 2. The number of aryl methyl sites for hydroxylation is 2. The number of carbonyl (C=O) groups is 2. The van der Waals surface area contributed by atoms with Crippen LogP contribution < -0.4 is 5.73 Å². The number of likely N-dealkylation sites (tertiary alicyclic amines) is 1. The number of amides is 2. The summed E-state index contributed by atoms with van der Waals surface area (Å²) in [6, 6.07) is 0. The van der Waals surface area contributed by atoms with Gasteiger partial charge in [0, 0.05) is 42.4 Å². The predicted molar refractivity (Wildman–Crippen MR) is 104 cm³/mol. The lowest BCUT2D eigenvalue weighted by atomic mass is 9.86. The van der Waals surface area contributed by atoms with Crippen molar-refractivity contribution in [3.05, 3.63) is 22.8 Å². The molecule has 2 fully saturated rings. The molecule has 1 aromatic heterocycles. The van der Waals surface area contributed by atoms with Gasteiger partial charge in [0.05, 0.1) is 6.42 Å². The molecule has 1 aliphatic heterocycles. The maximum Gasteiger partial charge on any atom is 0.222 e. The third-order valence-electron chi connectivity index (χ3n) is 6.12. The van der Waals surface area contributed by atoms with Crippen molar-refractivity contribution >= 4 is 11.8 Å². The summed E-state index contributed by atoms with van der Waals surface area (Å²) in [6.45, 7) is 5.37. The van der Waals surface area contributed by atoms with Crippen LogP contribution in [0.5, 0.6) is 0 Å². The van der Waals surface area contributed by atoms with E-state index in [9.17, 15) is 9.59 Å². The maximum atomic E-state index is 12.8. The monoisotopic (exact) mass is 372 g/mol. The summed E-state index contributed by atoms with van der Waals surface area (Å²) in [5, 5.41) is 0. The molecule has 1 atom stereocenters. The molecule has 27 heavy (non-hydrogen) atoms. The van der Waals surface area contributed by atoms with Crippen molar-refractivity contribution < 1.29 is 9.59 Å². The molecule has 3 rings (SSSR count). The Hall–Kier alpha value is -1.98. The molecular formula is C21H32N4O2. The predicted octanol–water partition coefficient (Wildman–Crippen LogP) is 2.80. The molecule has 1 unspecified atom stereocenters. The van der Waals surface area contributed by atoms with Crippen molar-refractivity contribution in [2.24, 2.45) is 11.7 Å². The van der Waals surface area contributed by atoms with Crippen LogP contribution >= 0.6 is 0 Å². The van der Waals surface area contributed by atoms with Gasteiger partial charge >= 0.3 is 0 Å². The van der Waals surface area contributed by atoms with E-state index in [-0.39, 0.29) is 18.2 Å². The maximum absolute atomic E-state index is 12.8. The molecule has 2 N–H and O–H groups in total. The van der Waals surface area contributed by atoms with Crippen LogP contribution in [0.15, 0.2) is 0 Å². The number of aromatic nitrogens is 2. The molecule has 0 bridgehead atoms. The highest BCUT2D eigenvalue weighted by atomic mass is 16.2.